The molecule has 0 atom stereocenters. The standard InChI is InChI=1S/C9H16N2/c1-3-9(4-2)5-6-11-8(10)7-9/h5-6H,3-4,7H2,1-2H3,(H2,10,11). The lowest BCUT2D eigenvalue weighted by atomic mass is 9.78. The van der Waals surface area contributed by atoms with Crippen LogP contribution >= 0.6 is 0 Å². The van der Waals surface area contributed by atoms with Crippen LogP contribution in [0.3, 0.4) is 0 Å². The zero-order valence-corrected chi connectivity index (χ0v) is 7.30. The van der Waals surface area contributed by atoms with Crippen LogP contribution in [0, 0.1) is 5.41 Å². The average Bonchev–Trinajstić information content (AvgIpc) is 2.04. The molecule has 0 saturated heterocycles. The smallest absolute Gasteiger partial charge is 0.0997 e. The number of hydrogen-bond acceptors (Lipinski definition) is 2. The van der Waals surface area contributed by atoms with E-state index in [1.54, 1.807) is 0 Å². The molecule has 0 bridgehead atoms. The number of allylic oxidation sites excluding steroid dienone is 1. The molecule has 1 aliphatic heterocycles. The Morgan fingerprint density at radius 3 is 2.55 bits per heavy atom. The Bertz CT molecular complexity index is 188. The third kappa shape index (κ3) is 1.62. The van der Waals surface area contributed by atoms with Gasteiger partial charge in [-0.2, -0.15) is 0 Å². The van der Waals surface area contributed by atoms with Gasteiger partial charge in [-0.05, 0) is 18.3 Å². The van der Waals surface area contributed by atoms with Crippen molar-refractivity contribution in [3.05, 3.63) is 12.3 Å². The second-order valence-corrected chi connectivity index (χ2v) is 3.18. The van der Waals surface area contributed by atoms with E-state index in [0.29, 0.717) is 5.41 Å². The minimum atomic E-state index is 0.297. The fourth-order valence-corrected chi connectivity index (χ4v) is 1.49. The summed E-state index contributed by atoms with van der Waals surface area (Å²) in [4.78, 5) is 4.03. The summed E-state index contributed by atoms with van der Waals surface area (Å²) >= 11 is 0. The van der Waals surface area contributed by atoms with Crippen molar-refractivity contribution in [1.82, 2.24) is 0 Å². The highest BCUT2D eigenvalue weighted by molar-refractivity contribution is 5.82. The predicted octanol–water partition coefficient (Wildman–Crippen LogP) is 2.07. The molecule has 0 aliphatic carbocycles. The first-order valence-electron chi connectivity index (χ1n) is 4.22. The maximum absolute atomic E-state index is 5.66. The molecule has 2 nitrogen and oxygen atoms in total. The monoisotopic (exact) mass is 152 g/mol. The highest BCUT2D eigenvalue weighted by atomic mass is 14.8. The molecule has 62 valence electrons. The van der Waals surface area contributed by atoms with Gasteiger partial charge < -0.3 is 5.73 Å². The van der Waals surface area contributed by atoms with Gasteiger partial charge in [-0.25, -0.2) is 4.99 Å². The highest BCUT2D eigenvalue weighted by Gasteiger charge is 2.25. The molecule has 0 unspecified atom stereocenters. The topological polar surface area (TPSA) is 38.4 Å². The van der Waals surface area contributed by atoms with Crippen molar-refractivity contribution in [2.24, 2.45) is 16.1 Å². The molecular weight excluding hydrogens is 136 g/mol. The molecule has 0 saturated carbocycles. The highest BCUT2D eigenvalue weighted by Crippen LogP contribution is 2.33. The molecule has 0 spiro atoms. The van der Waals surface area contributed by atoms with Crippen molar-refractivity contribution in [1.29, 1.82) is 0 Å². The van der Waals surface area contributed by atoms with E-state index in [2.05, 4.69) is 24.9 Å². The molecule has 2 heteroatoms. The quantitative estimate of drug-likeness (QED) is 0.646. The zero-order valence-electron chi connectivity index (χ0n) is 7.30. The molecule has 11 heavy (non-hydrogen) atoms. The van der Waals surface area contributed by atoms with Crippen LogP contribution in [0.5, 0.6) is 0 Å². The molecular formula is C9H16N2. The lowest BCUT2D eigenvalue weighted by Gasteiger charge is -2.29. The molecule has 0 aromatic heterocycles. The summed E-state index contributed by atoms with van der Waals surface area (Å²) < 4.78 is 0. The molecule has 0 aromatic rings. The van der Waals surface area contributed by atoms with Gasteiger partial charge in [0.05, 0.1) is 5.84 Å². The van der Waals surface area contributed by atoms with E-state index in [1.165, 1.54) is 0 Å². The summed E-state index contributed by atoms with van der Waals surface area (Å²) in [5.74, 6) is 0.774. The van der Waals surface area contributed by atoms with E-state index >= 15 is 0 Å². The SMILES string of the molecule is CCC1(CC)C=CN=C(N)C1. The van der Waals surface area contributed by atoms with Gasteiger partial charge in [0.2, 0.25) is 0 Å². The molecule has 1 rings (SSSR count). The Kier molecular flexibility index (Phi) is 2.32. The van der Waals surface area contributed by atoms with Crippen LogP contribution in [0.1, 0.15) is 33.1 Å². The van der Waals surface area contributed by atoms with Crippen molar-refractivity contribution >= 4 is 5.84 Å². The van der Waals surface area contributed by atoms with E-state index in [9.17, 15) is 0 Å². The second-order valence-electron chi connectivity index (χ2n) is 3.18. The van der Waals surface area contributed by atoms with Crippen molar-refractivity contribution < 1.29 is 0 Å². The van der Waals surface area contributed by atoms with E-state index in [0.717, 1.165) is 25.1 Å². The van der Waals surface area contributed by atoms with Crippen LogP contribution in [-0.2, 0) is 0 Å². The predicted molar refractivity (Wildman–Crippen MR) is 48.4 cm³/mol. The number of aliphatic imine (C=N–C) groups is 1. The van der Waals surface area contributed by atoms with Crippen molar-refractivity contribution in [3.8, 4) is 0 Å². The van der Waals surface area contributed by atoms with Crippen LogP contribution in [0.4, 0.5) is 0 Å². The normalized spacial score (nSPS) is 21.5. The molecule has 0 aromatic carbocycles. The number of nitrogens with zero attached hydrogens (tertiary/aromatic N) is 1. The number of rotatable bonds is 2. The summed E-state index contributed by atoms with van der Waals surface area (Å²) in [6.45, 7) is 4.40. The van der Waals surface area contributed by atoms with Gasteiger partial charge in [-0.1, -0.05) is 19.9 Å². The zero-order chi connectivity index (χ0) is 8.32. The Labute approximate surface area is 68.2 Å². The minimum absolute atomic E-state index is 0.297. The maximum atomic E-state index is 5.66. The summed E-state index contributed by atoms with van der Waals surface area (Å²) in [7, 11) is 0. The summed E-state index contributed by atoms with van der Waals surface area (Å²) in [6, 6.07) is 0. The second kappa shape index (κ2) is 3.07. The van der Waals surface area contributed by atoms with Crippen molar-refractivity contribution in [2.75, 3.05) is 0 Å². The van der Waals surface area contributed by atoms with E-state index in [1.807, 2.05) is 6.20 Å². The molecule has 0 amide bonds. The number of nitrogens with two attached hydrogens (primary N) is 1. The van der Waals surface area contributed by atoms with Gasteiger partial charge in [-0.3, -0.25) is 0 Å². The van der Waals surface area contributed by atoms with Gasteiger partial charge in [0.1, 0.15) is 0 Å². The first kappa shape index (κ1) is 8.31. The first-order chi connectivity index (χ1) is 5.22. The molecule has 0 fully saturated rings. The van der Waals surface area contributed by atoms with E-state index in [4.69, 9.17) is 5.73 Å². The molecule has 1 heterocycles. The Hall–Kier alpha value is -0.790. The van der Waals surface area contributed by atoms with Crippen LogP contribution < -0.4 is 5.73 Å². The van der Waals surface area contributed by atoms with E-state index < -0.39 is 0 Å². The van der Waals surface area contributed by atoms with Gasteiger partial charge in [-0.15, -0.1) is 0 Å². The first-order valence-corrected chi connectivity index (χ1v) is 4.22. The van der Waals surface area contributed by atoms with Crippen molar-refractivity contribution in [2.45, 2.75) is 33.1 Å². The van der Waals surface area contributed by atoms with Gasteiger partial charge in [0.25, 0.3) is 0 Å². The summed E-state index contributed by atoms with van der Waals surface area (Å²) in [5, 5.41) is 0. The lowest BCUT2D eigenvalue weighted by molar-refractivity contribution is 0.362. The van der Waals surface area contributed by atoms with Crippen molar-refractivity contribution in [3.63, 3.8) is 0 Å². The molecule has 0 radical (unpaired) electrons. The van der Waals surface area contributed by atoms with Gasteiger partial charge in [0.15, 0.2) is 0 Å². The number of amidine groups is 1. The third-order valence-corrected chi connectivity index (χ3v) is 2.61. The van der Waals surface area contributed by atoms with Gasteiger partial charge in [0, 0.05) is 12.6 Å². The fourth-order valence-electron chi connectivity index (χ4n) is 1.49. The maximum Gasteiger partial charge on any atom is 0.0997 e. The Morgan fingerprint density at radius 2 is 2.18 bits per heavy atom. The van der Waals surface area contributed by atoms with Crippen LogP contribution in [0.2, 0.25) is 0 Å². The number of hydrogen-bond donors (Lipinski definition) is 1. The Morgan fingerprint density at radius 1 is 1.55 bits per heavy atom. The van der Waals surface area contributed by atoms with E-state index in [-0.39, 0.29) is 0 Å². The minimum Gasteiger partial charge on any atom is -0.387 e. The fraction of sp³-hybridized carbons (Fsp3) is 0.667. The average molecular weight is 152 g/mol. The molecule has 2 N–H and O–H groups in total. The van der Waals surface area contributed by atoms with Crippen LogP contribution in [0.15, 0.2) is 17.3 Å². The van der Waals surface area contributed by atoms with Gasteiger partial charge >= 0.3 is 0 Å². The Balaban J connectivity index is 2.75. The molecule has 1 aliphatic rings. The summed E-state index contributed by atoms with van der Waals surface area (Å²) in [5.41, 5.74) is 5.96. The van der Waals surface area contributed by atoms with Crippen LogP contribution in [-0.4, -0.2) is 5.84 Å². The lowest BCUT2D eigenvalue weighted by Crippen LogP contribution is -2.27. The largest absolute Gasteiger partial charge is 0.387 e. The summed E-state index contributed by atoms with van der Waals surface area (Å²) in [6.07, 6.45) is 7.25. The van der Waals surface area contributed by atoms with Crippen LogP contribution in [0.25, 0.3) is 0 Å². The third-order valence-electron chi connectivity index (χ3n) is 2.61.